The Morgan fingerprint density at radius 2 is 1.81 bits per heavy atom. The van der Waals surface area contributed by atoms with Gasteiger partial charge in [-0.1, -0.05) is 30.3 Å². The third-order valence-electron chi connectivity index (χ3n) is 2.84. The zero-order chi connectivity index (χ0) is 15.2. The van der Waals surface area contributed by atoms with Gasteiger partial charge in [0.15, 0.2) is 6.29 Å². The maximum absolute atomic E-state index is 11.3. The first-order valence-corrected chi connectivity index (χ1v) is 6.15. The average molecular weight is 284 g/mol. The number of carbonyl (C=O) groups excluding carboxylic acids is 2. The fourth-order valence-corrected chi connectivity index (χ4v) is 1.78. The van der Waals surface area contributed by atoms with Crippen molar-refractivity contribution >= 4 is 18.0 Å². The van der Waals surface area contributed by atoms with E-state index >= 15 is 0 Å². The number of carboxylic acid groups (broad SMARTS) is 1. The van der Waals surface area contributed by atoms with Crippen LogP contribution in [0, 0.1) is 0 Å². The van der Waals surface area contributed by atoms with Crippen LogP contribution in [-0.4, -0.2) is 23.1 Å². The molecule has 0 saturated heterocycles. The van der Waals surface area contributed by atoms with Gasteiger partial charge in [-0.15, -0.1) is 0 Å². The molecule has 0 saturated carbocycles. The standard InChI is InChI=1S/C16H12O5/c17-9-14(18)12-6-7-15(13(8-12)16(19)20)21-10-11-4-2-1-3-5-11/h1-9H,10H2,(H,19,20). The molecule has 2 aromatic carbocycles. The highest BCUT2D eigenvalue weighted by Crippen LogP contribution is 2.21. The van der Waals surface area contributed by atoms with E-state index in [0.717, 1.165) is 11.6 Å². The van der Waals surface area contributed by atoms with E-state index in [4.69, 9.17) is 9.84 Å². The predicted octanol–water partition coefficient (Wildman–Crippen LogP) is 2.35. The summed E-state index contributed by atoms with van der Waals surface area (Å²) >= 11 is 0. The zero-order valence-electron chi connectivity index (χ0n) is 11.0. The summed E-state index contributed by atoms with van der Waals surface area (Å²) in [6, 6.07) is 13.2. The summed E-state index contributed by atoms with van der Waals surface area (Å²) in [5.41, 5.74) is 0.759. The van der Waals surface area contributed by atoms with Crippen LogP contribution in [0.25, 0.3) is 0 Å². The van der Waals surface area contributed by atoms with Crippen LogP contribution in [0.5, 0.6) is 5.75 Å². The minimum absolute atomic E-state index is 0.0226. The van der Waals surface area contributed by atoms with Crippen molar-refractivity contribution in [3.63, 3.8) is 0 Å². The van der Waals surface area contributed by atoms with E-state index in [2.05, 4.69) is 0 Å². The first kappa shape index (κ1) is 14.5. The number of rotatable bonds is 6. The van der Waals surface area contributed by atoms with Crippen LogP contribution >= 0.6 is 0 Å². The molecule has 0 aromatic heterocycles. The summed E-state index contributed by atoms with van der Waals surface area (Å²) in [4.78, 5) is 32.9. The molecule has 2 rings (SSSR count). The third-order valence-corrected chi connectivity index (χ3v) is 2.84. The Bertz CT molecular complexity index is 676. The van der Waals surface area contributed by atoms with Crippen LogP contribution in [0.3, 0.4) is 0 Å². The van der Waals surface area contributed by atoms with Gasteiger partial charge < -0.3 is 9.84 Å². The van der Waals surface area contributed by atoms with Gasteiger partial charge >= 0.3 is 5.97 Å². The van der Waals surface area contributed by atoms with Crippen LogP contribution in [-0.2, 0) is 11.4 Å². The second kappa shape index (κ2) is 6.47. The molecule has 0 atom stereocenters. The third kappa shape index (κ3) is 3.54. The Morgan fingerprint density at radius 1 is 1.10 bits per heavy atom. The first-order valence-electron chi connectivity index (χ1n) is 6.15. The molecule has 5 nitrogen and oxygen atoms in total. The summed E-state index contributed by atoms with van der Waals surface area (Å²) < 4.78 is 5.47. The molecule has 0 heterocycles. The van der Waals surface area contributed by atoms with Crippen LogP contribution in [0.15, 0.2) is 48.5 Å². The van der Waals surface area contributed by atoms with Gasteiger partial charge in [-0.3, -0.25) is 9.59 Å². The van der Waals surface area contributed by atoms with Crippen LogP contribution in [0.1, 0.15) is 26.3 Å². The molecular weight excluding hydrogens is 272 g/mol. The molecule has 0 aliphatic heterocycles. The number of ketones is 1. The van der Waals surface area contributed by atoms with Gasteiger partial charge in [0.25, 0.3) is 0 Å². The monoisotopic (exact) mass is 284 g/mol. The van der Waals surface area contributed by atoms with Crippen molar-refractivity contribution in [3.8, 4) is 5.75 Å². The molecule has 0 fully saturated rings. The Hall–Kier alpha value is -2.95. The molecule has 106 valence electrons. The topological polar surface area (TPSA) is 80.7 Å². The fraction of sp³-hybridized carbons (Fsp3) is 0.0625. The maximum Gasteiger partial charge on any atom is 0.339 e. The number of carboxylic acids is 1. The quantitative estimate of drug-likeness (QED) is 0.500. The highest BCUT2D eigenvalue weighted by Gasteiger charge is 2.15. The lowest BCUT2D eigenvalue weighted by atomic mass is 10.1. The normalized spacial score (nSPS) is 9.90. The lowest BCUT2D eigenvalue weighted by Crippen LogP contribution is -2.07. The summed E-state index contributed by atoms with van der Waals surface area (Å²) in [7, 11) is 0. The number of hydrogen-bond donors (Lipinski definition) is 1. The van der Waals surface area contributed by atoms with Crippen molar-refractivity contribution in [3.05, 3.63) is 65.2 Å². The maximum atomic E-state index is 11.3. The van der Waals surface area contributed by atoms with Crippen molar-refractivity contribution < 1.29 is 24.2 Å². The van der Waals surface area contributed by atoms with E-state index in [9.17, 15) is 14.4 Å². The number of carbonyl (C=O) groups is 3. The molecule has 21 heavy (non-hydrogen) atoms. The largest absolute Gasteiger partial charge is 0.488 e. The minimum atomic E-state index is -1.22. The smallest absolute Gasteiger partial charge is 0.339 e. The number of aldehydes is 1. The summed E-state index contributed by atoms with van der Waals surface area (Å²) in [5, 5.41) is 9.16. The Kier molecular flexibility index (Phi) is 4.46. The molecule has 0 bridgehead atoms. The highest BCUT2D eigenvalue weighted by molar-refractivity contribution is 6.33. The number of Topliss-reactive ketones (excluding diaryl/α,β-unsaturated/α-hetero) is 1. The molecular formula is C16H12O5. The van der Waals surface area contributed by atoms with Crippen molar-refractivity contribution in [1.29, 1.82) is 0 Å². The first-order chi connectivity index (χ1) is 10.1. The van der Waals surface area contributed by atoms with Crippen LogP contribution in [0.4, 0.5) is 0 Å². The molecule has 1 N–H and O–H groups in total. The molecule has 2 aromatic rings. The van der Waals surface area contributed by atoms with Gasteiger partial charge in [0.05, 0.1) is 0 Å². The van der Waals surface area contributed by atoms with Crippen molar-refractivity contribution in [2.45, 2.75) is 6.61 Å². The van der Waals surface area contributed by atoms with Gasteiger partial charge in [0.1, 0.15) is 17.9 Å². The zero-order valence-corrected chi connectivity index (χ0v) is 11.0. The molecule has 5 heteroatoms. The Labute approximate surface area is 120 Å². The van der Waals surface area contributed by atoms with Crippen molar-refractivity contribution in [1.82, 2.24) is 0 Å². The van der Waals surface area contributed by atoms with Gasteiger partial charge in [-0.2, -0.15) is 0 Å². The van der Waals surface area contributed by atoms with Gasteiger partial charge in [-0.25, -0.2) is 4.79 Å². The predicted molar refractivity (Wildman–Crippen MR) is 74.6 cm³/mol. The lowest BCUT2D eigenvalue weighted by Gasteiger charge is -2.10. The number of benzene rings is 2. The SMILES string of the molecule is O=CC(=O)c1ccc(OCc2ccccc2)c(C(=O)O)c1. The van der Waals surface area contributed by atoms with E-state index in [0.29, 0.717) is 0 Å². The second-order valence-electron chi connectivity index (χ2n) is 4.27. The van der Waals surface area contributed by atoms with Crippen LogP contribution < -0.4 is 4.74 Å². The van der Waals surface area contributed by atoms with E-state index in [-0.39, 0.29) is 29.8 Å². The van der Waals surface area contributed by atoms with Gasteiger partial charge in [-0.05, 0) is 23.8 Å². The lowest BCUT2D eigenvalue weighted by molar-refractivity contribution is -0.104. The van der Waals surface area contributed by atoms with E-state index in [1.165, 1.54) is 12.1 Å². The molecule has 0 unspecified atom stereocenters. The van der Waals surface area contributed by atoms with E-state index in [1.54, 1.807) is 0 Å². The number of aromatic carboxylic acids is 1. The minimum Gasteiger partial charge on any atom is -0.488 e. The van der Waals surface area contributed by atoms with Crippen LogP contribution in [0.2, 0.25) is 0 Å². The number of hydrogen-bond acceptors (Lipinski definition) is 4. The number of ether oxygens (including phenoxy) is 1. The Morgan fingerprint density at radius 3 is 2.43 bits per heavy atom. The summed E-state index contributed by atoms with van der Waals surface area (Å²) in [5.74, 6) is -1.85. The van der Waals surface area contributed by atoms with Crippen molar-refractivity contribution in [2.24, 2.45) is 0 Å². The Balaban J connectivity index is 2.24. The molecule has 0 amide bonds. The molecule has 0 aliphatic carbocycles. The molecule has 0 spiro atoms. The molecule has 0 aliphatic rings. The fourth-order valence-electron chi connectivity index (χ4n) is 1.78. The van der Waals surface area contributed by atoms with Gasteiger partial charge in [0, 0.05) is 5.56 Å². The summed E-state index contributed by atoms with van der Waals surface area (Å²) in [6.45, 7) is 0.210. The summed E-state index contributed by atoms with van der Waals surface area (Å²) in [6.07, 6.45) is 0.144. The van der Waals surface area contributed by atoms with E-state index in [1.807, 2.05) is 30.3 Å². The average Bonchev–Trinajstić information content (AvgIpc) is 2.52. The van der Waals surface area contributed by atoms with Gasteiger partial charge in [0.2, 0.25) is 5.78 Å². The second-order valence-corrected chi connectivity index (χ2v) is 4.27. The molecule has 0 radical (unpaired) electrons. The van der Waals surface area contributed by atoms with E-state index < -0.39 is 11.8 Å². The van der Waals surface area contributed by atoms with Crippen molar-refractivity contribution in [2.75, 3.05) is 0 Å². The highest BCUT2D eigenvalue weighted by atomic mass is 16.5.